The third-order valence-electron chi connectivity index (χ3n) is 13.5. The van der Waals surface area contributed by atoms with E-state index in [1.54, 1.807) is 0 Å². The maximum atomic E-state index is 13.2. The highest BCUT2D eigenvalue weighted by molar-refractivity contribution is 5.90. The number of oxime groups is 1. The number of amides is 1. The second-order valence-electron chi connectivity index (χ2n) is 14.6. The Morgan fingerprint density at radius 2 is 1.66 bits per heavy atom. The summed E-state index contributed by atoms with van der Waals surface area (Å²) < 4.78 is 0. The molecule has 0 heterocycles. The summed E-state index contributed by atoms with van der Waals surface area (Å²) in [6, 6.07) is 0. The number of nitrogens with zero attached hydrogens (tertiary/aromatic N) is 1. The third-order valence-corrected chi connectivity index (χ3v) is 13.5. The largest absolute Gasteiger partial charge is 0.411 e. The SMILES string of the molecule is C=C(C)[C@@H]1CC[C@]2(C(=O)NO)CC[C@]3(C)C(CC[C@@H]4[C@@]5(C)CC/C(=N\O)C(C)(C)[C@@H]5CC[C@]43C)[C@@H]12. The van der Waals surface area contributed by atoms with Crippen LogP contribution in [0.25, 0.3) is 0 Å². The fraction of sp³-hybridized carbons (Fsp3) is 0.867. The van der Waals surface area contributed by atoms with E-state index in [0.29, 0.717) is 23.7 Å². The van der Waals surface area contributed by atoms with Gasteiger partial charge in [0.15, 0.2) is 0 Å². The van der Waals surface area contributed by atoms with Gasteiger partial charge in [0, 0.05) is 5.41 Å². The summed E-state index contributed by atoms with van der Waals surface area (Å²) >= 11 is 0. The first-order valence-corrected chi connectivity index (χ1v) is 14.1. The number of fused-ring (bicyclic) bond motifs is 7. The fourth-order valence-corrected chi connectivity index (χ4v) is 11.6. The lowest BCUT2D eigenvalue weighted by Crippen LogP contribution is -2.67. The van der Waals surface area contributed by atoms with Gasteiger partial charge in [-0.05, 0) is 117 Å². The van der Waals surface area contributed by atoms with Gasteiger partial charge >= 0.3 is 0 Å². The summed E-state index contributed by atoms with van der Waals surface area (Å²) in [4.78, 5) is 13.2. The van der Waals surface area contributed by atoms with Gasteiger partial charge in [-0.2, -0.15) is 0 Å². The van der Waals surface area contributed by atoms with Crippen LogP contribution in [0.3, 0.4) is 0 Å². The van der Waals surface area contributed by atoms with Crippen molar-refractivity contribution in [1.29, 1.82) is 0 Å². The molecule has 35 heavy (non-hydrogen) atoms. The van der Waals surface area contributed by atoms with Crippen molar-refractivity contribution in [2.75, 3.05) is 0 Å². The van der Waals surface area contributed by atoms with Crippen LogP contribution in [-0.4, -0.2) is 22.0 Å². The molecule has 3 N–H and O–H groups in total. The number of hydrogen-bond donors (Lipinski definition) is 3. The van der Waals surface area contributed by atoms with Crippen LogP contribution in [0.5, 0.6) is 0 Å². The lowest BCUT2D eigenvalue weighted by molar-refractivity contribution is -0.228. The zero-order chi connectivity index (χ0) is 25.6. The van der Waals surface area contributed by atoms with Gasteiger partial charge in [-0.1, -0.05) is 51.9 Å². The van der Waals surface area contributed by atoms with Crippen LogP contribution in [0.15, 0.2) is 17.3 Å². The Kier molecular flexibility index (Phi) is 5.65. The molecule has 5 saturated carbocycles. The minimum atomic E-state index is -0.452. The fourth-order valence-electron chi connectivity index (χ4n) is 11.6. The summed E-state index contributed by atoms with van der Waals surface area (Å²) in [6.07, 6.45) is 10.6. The van der Waals surface area contributed by atoms with Crippen molar-refractivity contribution in [2.24, 2.45) is 61.8 Å². The number of hydrogen-bond acceptors (Lipinski definition) is 4. The predicted octanol–water partition coefficient (Wildman–Crippen LogP) is 6.98. The minimum Gasteiger partial charge on any atom is -0.411 e. The predicted molar refractivity (Wildman–Crippen MR) is 138 cm³/mol. The molecule has 0 spiro atoms. The van der Waals surface area contributed by atoms with Crippen molar-refractivity contribution in [2.45, 2.75) is 106 Å². The smallest absolute Gasteiger partial charge is 0.249 e. The van der Waals surface area contributed by atoms with Crippen LogP contribution in [0.4, 0.5) is 0 Å². The van der Waals surface area contributed by atoms with Gasteiger partial charge in [0.1, 0.15) is 0 Å². The van der Waals surface area contributed by atoms with Crippen molar-refractivity contribution in [3.63, 3.8) is 0 Å². The van der Waals surface area contributed by atoms with Crippen molar-refractivity contribution < 1.29 is 15.2 Å². The summed E-state index contributed by atoms with van der Waals surface area (Å²) in [7, 11) is 0. The highest BCUT2D eigenvalue weighted by Gasteiger charge is 2.71. The monoisotopic (exact) mass is 484 g/mol. The molecule has 0 aromatic carbocycles. The van der Waals surface area contributed by atoms with Gasteiger partial charge in [0.2, 0.25) is 5.91 Å². The molecule has 9 atom stereocenters. The van der Waals surface area contributed by atoms with Crippen LogP contribution < -0.4 is 5.48 Å². The van der Waals surface area contributed by atoms with E-state index in [-0.39, 0.29) is 33.5 Å². The standard InChI is InChI=1S/C30H48N2O3/c1-18(2)19-10-15-30(25(33)32-35)17-16-28(6)20(24(19)30)8-9-22-27(5)13-12-23(31-34)26(3,4)21(27)11-14-29(22,28)7/h19-22,24,34-35H,1,8-17H2,2-7H3,(H,32,33)/b31-23+/t19-,20?,21-,22+,24+,27-,28+,29+,30-/m0/s1. The molecule has 5 aliphatic rings. The van der Waals surface area contributed by atoms with E-state index in [1.807, 2.05) is 0 Å². The lowest BCUT2D eigenvalue weighted by Gasteiger charge is -2.72. The Balaban J connectivity index is 1.56. The molecule has 5 heteroatoms. The van der Waals surface area contributed by atoms with Crippen LogP contribution in [0.1, 0.15) is 106 Å². The zero-order valence-electron chi connectivity index (χ0n) is 22.9. The lowest BCUT2D eigenvalue weighted by atomic mass is 9.32. The molecule has 1 amide bonds. The average molecular weight is 485 g/mol. The van der Waals surface area contributed by atoms with Gasteiger partial charge in [0.05, 0.1) is 11.1 Å². The Morgan fingerprint density at radius 1 is 0.943 bits per heavy atom. The molecule has 0 aromatic heterocycles. The van der Waals surface area contributed by atoms with Crippen LogP contribution in [-0.2, 0) is 4.79 Å². The van der Waals surface area contributed by atoms with Crippen molar-refractivity contribution in [3.8, 4) is 0 Å². The average Bonchev–Trinajstić information content (AvgIpc) is 3.20. The molecule has 1 unspecified atom stereocenters. The molecular weight excluding hydrogens is 436 g/mol. The minimum absolute atomic E-state index is 0.0712. The van der Waals surface area contributed by atoms with E-state index in [1.165, 1.54) is 24.8 Å². The Bertz CT molecular complexity index is 957. The summed E-state index contributed by atoms with van der Waals surface area (Å²) in [5.74, 6) is 2.13. The van der Waals surface area contributed by atoms with E-state index in [9.17, 15) is 15.2 Å². The van der Waals surface area contributed by atoms with E-state index in [2.05, 4.69) is 58.8 Å². The van der Waals surface area contributed by atoms with Gasteiger partial charge < -0.3 is 5.21 Å². The molecule has 0 radical (unpaired) electrons. The normalized spacial score (nSPS) is 51.5. The first-order chi connectivity index (χ1) is 16.3. The van der Waals surface area contributed by atoms with Gasteiger partial charge in [0.25, 0.3) is 0 Å². The molecule has 0 bridgehead atoms. The number of carbonyl (C=O) groups excluding carboxylic acids is 1. The van der Waals surface area contributed by atoms with Crippen LogP contribution in [0, 0.1) is 56.7 Å². The summed E-state index contributed by atoms with van der Waals surface area (Å²) in [5, 5.41) is 23.3. The highest BCUT2D eigenvalue weighted by atomic mass is 16.5. The third kappa shape index (κ3) is 2.97. The number of hydroxylamine groups is 1. The van der Waals surface area contributed by atoms with E-state index < -0.39 is 5.41 Å². The molecule has 0 aliphatic heterocycles. The number of carbonyl (C=O) groups is 1. The Hall–Kier alpha value is -1.36. The zero-order valence-corrected chi connectivity index (χ0v) is 22.9. The van der Waals surface area contributed by atoms with E-state index in [0.717, 1.165) is 50.7 Å². The Morgan fingerprint density at radius 3 is 2.29 bits per heavy atom. The van der Waals surface area contributed by atoms with Crippen molar-refractivity contribution in [1.82, 2.24) is 5.48 Å². The molecule has 5 rings (SSSR count). The Labute approximate surface area is 212 Å². The van der Waals surface area contributed by atoms with Gasteiger partial charge in [-0.15, -0.1) is 0 Å². The molecule has 196 valence electrons. The quantitative estimate of drug-likeness (QED) is 0.171. The summed E-state index contributed by atoms with van der Waals surface area (Å²) in [5.41, 5.74) is 4.38. The molecule has 0 aromatic rings. The number of rotatable bonds is 2. The molecular formula is C30H48N2O3. The van der Waals surface area contributed by atoms with E-state index >= 15 is 0 Å². The molecule has 5 fully saturated rings. The van der Waals surface area contributed by atoms with Gasteiger partial charge in [-0.25, -0.2) is 5.48 Å². The maximum Gasteiger partial charge on any atom is 0.249 e. The maximum absolute atomic E-state index is 13.2. The van der Waals surface area contributed by atoms with Crippen LogP contribution >= 0.6 is 0 Å². The first-order valence-electron chi connectivity index (χ1n) is 14.1. The summed E-state index contributed by atoms with van der Waals surface area (Å²) in [6.45, 7) is 18.8. The number of allylic oxidation sites excluding steroid dienone is 1. The molecule has 0 saturated heterocycles. The van der Waals surface area contributed by atoms with Crippen molar-refractivity contribution in [3.05, 3.63) is 12.2 Å². The van der Waals surface area contributed by atoms with Crippen molar-refractivity contribution >= 4 is 11.6 Å². The second-order valence-corrected chi connectivity index (χ2v) is 14.6. The molecule has 5 nitrogen and oxygen atoms in total. The number of nitrogens with one attached hydrogen (secondary N) is 1. The second kappa shape index (κ2) is 7.82. The molecule has 5 aliphatic carbocycles. The van der Waals surface area contributed by atoms with Crippen LogP contribution in [0.2, 0.25) is 0 Å². The van der Waals surface area contributed by atoms with E-state index in [4.69, 9.17) is 0 Å². The van der Waals surface area contributed by atoms with Gasteiger partial charge in [-0.3, -0.25) is 10.0 Å². The highest BCUT2D eigenvalue weighted by Crippen LogP contribution is 2.77. The first kappa shape index (κ1) is 25.3. The topological polar surface area (TPSA) is 81.9 Å².